The molecule has 0 fully saturated rings. The lowest BCUT2D eigenvalue weighted by atomic mass is 10.1. The summed E-state index contributed by atoms with van der Waals surface area (Å²) in [5, 5.41) is 7.35. The van der Waals surface area contributed by atoms with Gasteiger partial charge in [0.05, 0.1) is 24.5 Å². The van der Waals surface area contributed by atoms with Gasteiger partial charge in [-0.15, -0.1) is 0 Å². The van der Waals surface area contributed by atoms with E-state index in [0.717, 1.165) is 5.69 Å². The number of nitrogens with one attached hydrogen (secondary N) is 1. The van der Waals surface area contributed by atoms with Crippen molar-refractivity contribution in [2.45, 2.75) is 26.4 Å². The van der Waals surface area contributed by atoms with Crippen molar-refractivity contribution in [2.75, 3.05) is 19.0 Å². The second-order valence-electron chi connectivity index (χ2n) is 4.34. The molecular formula is C11H20N4O2. The van der Waals surface area contributed by atoms with E-state index in [0.29, 0.717) is 12.5 Å². The lowest BCUT2D eigenvalue weighted by molar-refractivity contribution is -0.118. The van der Waals surface area contributed by atoms with E-state index in [1.807, 2.05) is 0 Å². The van der Waals surface area contributed by atoms with Gasteiger partial charge >= 0.3 is 0 Å². The first kappa shape index (κ1) is 13.5. The molecule has 1 heterocycles. The van der Waals surface area contributed by atoms with Crippen LogP contribution in [0, 0.1) is 5.92 Å². The lowest BCUT2D eigenvalue weighted by Gasteiger charge is -2.21. The van der Waals surface area contributed by atoms with Gasteiger partial charge in [0.1, 0.15) is 6.54 Å². The number of aromatic nitrogens is 2. The van der Waals surface area contributed by atoms with Crippen LogP contribution in [0.5, 0.6) is 0 Å². The lowest BCUT2D eigenvalue weighted by Crippen LogP contribution is -2.30. The number of ether oxygens (including phenoxy) is 1. The summed E-state index contributed by atoms with van der Waals surface area (Å²) in [5.74, 6) is 0.0337. The van der Waals surface area contributed by atoms with Crippen molar-refractivity contribution >= 4 is 11.6 Å². The summed E-state index contributed by atoms with van der Waals surface area (Å²) in [6.45, 7) is 4.95. The van der Waals surface area contributed by atoms with Gasteiger partial charge in [-0.25, -0.2) is 0 Å². The number of rotatable bonds is 7. The van der Waals surface area contributed by atoms with E-state index >= 15 is 0 Å². The number of methoxy groups -OCH3 is 1. The SMILES string of the molecule is COCC(Nc1cnn(CC(N)=O)c1)C(C)C. The molecule has 0 saturated heterocycles. The van der Waals surface area contributed by atoms with Gasteiger partial charge in [-0.2, -0.15) is 5.10 Å². The van der Waals surface area contributed by atoms with E-state index in [1.165, 1.54) is 4.68 Å². The zero-order valence-electron chi connectivity index (χ0n) is 10.5. The molecule has 0 aromatic carbocycles. The maximum absolute atomic E-state index is 10.7. The summed E-state index contributed by atoms with van der Waals surface area (Å²) in [7, 11) is 1.67. The van der Waals surface area contributed by atoms with Crippen molar-refractivity contribution < 1.29 is 9.53 Å². The Labute approximate surface area is 101 Å². The third-order valence-corrected chi connectivity index (χ3v) is 2.45. The van der Waals surface area contributed by atoms with Crippen LogP contribution in [0.15, 0.2) is 12.4 Å². The second kappa shape index (κ2) is 6.24. The van der Waals surface area contributed by atoms with Crippen LogP contribution in [-0.2, 0) is 16.1 Å². The van der Waals surface area contributed by atoms with Crippen LogP contribution in [0.1, 0.15) is 13.8 Å². The molecular weight excluding hydrogens is 220 g/mol. The summed E-state index contributed by atoms with van der Waals surface area (Å²) in [6, 6.07) is 0.214. The Kier molecular flexibility index (Phi) is 4.96. The number of primary amides is 1. The summed E-state index contributed by atoms with van der Waals surface area (Å²) in [4.78, 5) is 10.7. The molecule has 0 spiro atoms. The molecule has 1 aromatic rings. The fourth-order valence-electron chi connectivity index (χ4n) is 1.48. The quantitative estimate of drug-likeness (QED) is 0.725. The Morgan fingerprint density at radius 2 is 2.35 bits per heavy atom. The number of hydrogen-bond donors (Lipinski definition) is 2. The molecule has 1 aromatic heterocycles. The van der Waals surface area contributed by atoms with Crippen molar-refractivity contribution in [3.8, 4) is 0 Å². The Hall–Kier alpha value is -1.56. The van der Waals surface area contributed by atoms with Gasteiger partial charge in [-0.3, -0.25) is 9.48 Å². The van der Waals surface area contributed by atoms with Crippen molar-refractivity contribution in [1.29, 1.82) is 0 Å². The van der Waals surface area contributed by atoms with Gasteiger partial charge in [0.25, 0.3) is 0 Å². The minimum absolute atomic E-state index is 0.0955. The molecule has 96 valence electrons. The fourth-order valence-corrected chi connectivity index (χ4v) is 1.48. The molecule has 1 amide bonds. The van der Waals surface area contributed by atoms with Gasteiger partial charge < -0.3 is 15.8 Å². The summed E-state index contributed by atoms with van der Waals surface area (Å²) < 4.78 is 6.65. The van der Waals surface area contributed by atoms with Crippen LogP contribution in [0.2, 0.25) is 0 Å². The topological polar surface area (TPSA) is 82.2 Å². The van der Waals surface area contributed by atoms with E-state index in [9.17, 15) is 4.79 Å². The van der Waals surface area contributed by atoms with Gasteiger partial charge in [0, 0.05) is 13.3 Å². The molecule has 6 nitrogen and oxygen atoms in total. The number of carbonyl (C=O) groups is 1. The molecule has 0 saturated carbocycles. The smallest absolute Gasteiger partial charge is 0.239 e. The molecule has 6 heteroatoms. The first-order valence-electron chi connectivity index (χ1n) is 5.59. The number of carbonyl (C=O) groups excluding carboxylic acids is 1. The van der Waals surface area contributed by atoms with Gasteiger partial charge in [0.15, 0.2) is 0 Å². The summed E-state index contributed by atoms with van der Waals surface area (Å²) in [5.41, 5.74) is 5.95. The van der Waals surface area contributed by atoms with Crippen molar-refractivity contribution in [3.63, 3.8) is 0 Å². The monoisotopic (exact) mass is 240 g/mol. The van der Waals surface area contributed by atoms with Crippen LogP contribution in [-0.4, -0.2) is 35.4 Å². The minimum atomic E-state index is -0.406. The Bertz CT molecular complexity index is 362. The van der Waals surface area contributed by atoms with E-state index < -0.39 is 5.91 Å². The second-order valence-corrected chi connectivity index (χ2v) is 4.34. The predicted molar refractivity (Wildman–Crippen MR) is 65.5 cm³/mol. The molecule has 1 unspecified atom stereocenters. The molecule has 1 atom stereocenters. The van der Waals surface area contributed by atoms with Crippen LogP contribution in [0.25, 0.3) is 0 Å². The number of hydrogen-bond acceptors (Lipinski definition) is 4. The van der Waals surface area contributed by atoms with Gasteiger partial charge in [-0.1, -0.05) is 13.8 Å². The standard InChI is InChI=1S/C11H20N4O2/c1-8(2)10(7-17-3)14-9-4-13-15(5-9)6-11(12)16/h4-5,8,10,14H,6-7H2,1-3H3,(H2,12,16). The van der Waals surface area contributed by atoms with E-state index in [-0.39, 0.29) is 12.6 Å². The normalized spacial score (nSPS) is 12.7. The van der Waals surface area contributed by atoms with Crippen LogP contribution < -0.4 is 11.1 Å². The Balaban J connectivity index is 2.60. The average Bonchev–Trinajstić information content (AvgIpc) is 2.63. The molecule has 0 aliphatic carbocycles. The number of nitrogens with two attached hydrogens (primary N) is 1. The van der Waals surface area contributed by atoms with Crippen LogP contribution >= 0.6 is 0 Å². The fraction of sp³-hybridized carbons (Fsp3) is 0.636. The summed E-state index contributed by atoms with van der Waals surface area (Å²) >= 11 is 0. The highest BCUT2D eigenvalue weighted by atomic mass is 16.5. The molecule has 0 aliphatic heterocycles. The Morgan fingerprint density at radius 1 is 1.65 bits per heavy atom. The zero-order chi connectivity index (χ0) is 12.8. The highest BCUT2D eigenvalue weighted by Gasteiger charge is 2.13. The highest BCUT2D eigenvalue weighted by molar-refractivity contribution is 5.73. The third-order valence-electron chi connectivity index (χ3n) is 2.45. The van der Waals surface area contributed by atoms with Crippen molar-refractivity contribution in [3.05, 3.63) is 12.4 Å². The predicted octanol–water partition coefficient (Wildman–Crippen LogP) is 0.451. The van der Waals surface area contributed by atoms with Crippen LogP contribution in [0.4, 0.5) is 5.69 Å². The number of nitrogens with zero attached hydrogens (tertiary/aromatic N) is 2. The molecule has 0 radical (unpaired) electrons. The molecule has 0 bridgehead atoms. The third kappa shape index (κ3) is 4.44. The van der Waals surface area contributed by atoms with Crippen molar-refractivity contribution in [1.82, 2.24) is 9.78 Å². The number of anilines is 1. The zero-order valence-corrected chi connectivity index (χ0v) is 10.5. The molecule has 17 heavy (non-hydrogen) atoms. The maximum atomic E-state index is 10.7. The van der Waals surface area contributed by atoms with E-state index in [1.54, 1.807) is 19.5 Å². The van der Waals surface area contributed by atoms with E-state index in [4.69, 9.17) is 10.5 Å². The van der Waals surface area contributed by atoms with Crippen LogP contribution in [0.3, 0.4) is 0 Å². The van der Waals surface area contributed by atoms with E-state index in [2.05, 4.69) is 24.3 Å². The molecule has 0 aliphatic rings. The largest absolute Gasteiger partial charge is 0.383 e. The highest BCUT2D eigenvalue weighted by Crippen LogP contribution is 2.12. The molecule has 1 rings (SSSR count). The number of amides is 1. The molecule has 3 N–H and O–H groups in total. The van der Waals surface area contributed by atoms with Gasteiger partial charge in [-0.05, 0) is 5.92 Å². The first-order valence-corrected chi connectivity index (χ1v) is 5.59. The first-order chi connectivity index (χ1) is 8.02. The van der Waals surface area contributed by atoms with Gasteiger partial charge in [0.2, 0.25) is 5.91 Å². The van der Waals surface area contributed by atoms with Crippen molar-refractivity contribution in [2.24, 2.45) is 11.7 Å². The summed E-state index contributed by atoms with van der Waals surface area (Å²) in [6.07, 6.45) is 3.43. The average molecular weight is 240 g/mol. The maximum Gasteiger partial charge on any atom is 0.239 e. The Morgan fingerprint density at radius 3 is 2.88 bits per heavy atom. The minimum Gasteiger partial charge on any atom is -0.383 e.